The van der Waals surface area contributed by atoms with Gasteiger partial charge in [0.15, 0.2) is 0 Å². The van der Waals surface area contributed by atoms with Crippen LogP contribution in [0.3, 0.4) is 0 Å². The Morgan fingerprint density at radius 3 is 2.96 bits per heavy atom. The van der Waals surface area contributed by atoms with Gasteiger partial charge in [-0.2, -0.15) is 0 Å². The average molecular weight is 425 g/mol. The molecule has 2 aliphatic heterocycles. The van der Waals surface area contributed by atoms with Crippen LogP contribution in [0.2, 0.25) is 5.15 Å². The first-order valence-electron chi connectivity index (χ1n) is 8.92. The van der Waals surface area contributed by atoms with Crippen LogP contribution in [-0.4, -0.2) is 71.7 Å². The molecule has 0 radical (unpaired) electrons. The Kier molecular flexibility index (Phi) is 6.79. The molecule has 2 aromatic rings. The molecule has 4 rings (SSSR count). The second-order valence-electron chi connectivity index (χ2n) is 6.62. The number of carbonyl (C=O) groups is 1. The fourth-order valence-corrected chi connectivity index (χ4v) is 3.87. The van der Waals surface area contributed by atoms with Crippen molar-refractivity contribution >= 4 is 29.9 Å². The number of amides is 1. The van der Waals surface area contributed by atoms with E-state index in [0.717, 1.165) is 38.4 Å². The summed E-state index contributed by atoms with van der Waals surface area (Å²) in [5, 5.41) is 6.44. The molecule has 0 aliphatic carbocycles. The van der Waals surface area contributed by atoms with Crippen molar-refractivity contribution in [1.29, 1.82) is 0 Å². The van der Waals surface area contributed by atoms with Gasteiger partial charge in [0.05, 0.1) is 24.6 Å². The van der Waals surface area contributed by atoms with Crippen LogP contribution in [0.5, 0.6) is 0 Å². The summed E-state index contributed by atoms with van der Waals surface area (Å²) >= 11 is 6.33. The molecule has 4 heterocycles. The van der Waals surface area contributed by atoms with Crippen molar-refractivity contribution in [3.05, 3.63) is 40.9 Å². The Hall–Kier alpha value is -1.84. The van der Waals surface area contributed by atoms with Crippen LogP contribution in [-0.2, 0) is 4.74 Å². The number of hydrogen-bond donors (Lipinski definition) is 2. The van der Waals surface area contributed by atoms with E-state index in [1.807, 2.05) is 12.1 Å². The number of piperazine rings is 1. The van der Waals surface area contributed by atoms with Crippen molar-refractivity contribution in [2.45, 2.75) is 12.1 Å². The van der Waals surface area contributed by atoms with E-state index in [9.17, 15) is 4.79 Å². The van der Waals surface area contributed by atoms with Crippen LogP contribution in [0.1, 0.15) is 22.1 Å². The molecule has 2 N–H and O–H groups in total. The molecule has 0 unspecified atom stereocenters. The molecular formula is C18H22Cl2N6O2. The number of aromatic nitrogens is 3. The Bertz CT molecular complexity index is 851. The molecule has 0 saturated carbocycles. The second kappa shape index (κ2) is 9.11. The van der Waals surface area contributed by atoms with Gasteiger partial charge in [-0.1, -0.05) is 11.6 Å². The molecule has 2 aliphatic rings. The van der Waals surface area contributed by atoms with E-state index >= 15 is 0 Å². The molecule has 0 bridgehead atoms. The molecule has 28 heavy (non-hydrogen) atoms. The Labute approximate surface area is 174 Å². The topological polar surface area (TPSA) is 92.3 Å². The van der Waals surface area contributed by atoms with Crippen LogP contribution in [0.15, 0.2) is 24.5 Å². The minimum absolute atomic E-state index is 0. The summed E-state index contributed by atoms with van der Waals surface area (Å²) in [4.78, 5) is 27.0. The largest absolute Gasteiger partial charge is 0.378 e. The van der Waals surface area contributed by atoms with Crippen molar-refractivity contribution in [1.82, 2.24) is 30.5 Å². The summed E-state index contributed by atoms with van der Waals surface area (Å²) in [6, 6.07) is 6.05. The molecule has 2 aromatic heterocycles. The highest BCUT2D eigenvalue weighted by atomic mass is 35.5. The molecule has 2 saturated heterocycles. The zero-order chi connectivity index (χ0) is 18.8. The third kappa shape index (κ3) is 4.26. The first kappa shape index (κ1) is 20.9. The summed E-state index contributed by atoms with van der Waals surface area (Å²) < 4.78 is 5.61. The van der Waals surface area contributed by atoms with Crippen molar-refractivity contribution < 1.29 is 9.53 Å². The normalized spacial score (nSPS) is 22.1. The number of nitrogens with one attached hydrogen (secondary N) is 2. The van der Waals surface area contributed by atoms with Crippen LogP contribution in [0.25, 0.3) is 11.4 Å². The fourth-order valence-electron chi connectivity index (χ4n) is 3.66. The lowest BCUT2D eigenvalue weighted by atomic mass is 9.99. The molecule has 0 spiro atoms. The van der Waals surface area contributed by atoms with E-state index in [1.54, 1.807) is 13.1 Å². The standard InChI is InChI=1S/C18H21ClN6O2.ClH/c1-20-18(26)15-6-13(22-10-23-15)14-4-11(5-17(19)24-14)16-8-21-7-12-9-27-3-2-25(12)16;/h4-6,10,12,16,21H,2-3,7-9H2,1H3,(H,20,26);1H/t12-,16+;/m1./s1. The van der Waals surface area contributed by atoms with Crippen LogP contribution in [0.4, 0.5) is 0 Å². The monoisotopic (exact) mass is 424 g/mol. The van der Waals surface area contributed by atoms with E-state index in [2.05, 4.69) is 30.5 Å². The Balaban J connectivity index is 0.00000225. The molecule has 2 atom stereocenters. The summed E-state index contributed by atoms with van der Waals surface area (Å²) in [7, 11) is 1.56. The number of morpholine rings is 1. The minimum Gasteiger partial charge on any atom is -0.378 e. The molecular weight excluding hydrogens is 403 g/mol. The van der Waals surface area contributed by atoms with Gasteiger partial charge in [0.2, 0.25) is 0 Å². The van der Waals surface area contributed by atoms with Gasteiger partial charge in [-0.3, -0.25) is 9.69 Å². The number of nitrogens with zero attached hydrogens (tertiary/aromatic N) is 4. The summed E-state index contributed by atoms with van der Waals surface area (Å²) in [5.74, 6) is -0.270. The van der Waals surface area contributed by atoms with Gasteiger partial charge in [-0.15, -0.1) is 12.4 Å². The smallest absolute Gasteiger partial charge is 0.269 e. The quantitative estimate of drug-likeness (QED) is 0.717. The number of carbonyl (C=O) groups excluding carboxylic acids is 1. The zero-order valence-electron chi connectivity index (χ0n) is 15.4. The molecule has 2 fully saturated rings. The van der Waals surface area contributed by atoms with E-state index in [4.69, 9.17) is 16.3 Å². The van der Waals surface area contributed by atoms with Crippen molar-refractivity contribution in [3.8, 4) is 11.4 Å². The van der Waals surface area contributed by atoms with Crippen molar-refractivity contribution in [2.24, 2.45) is 0 Å². The van der Waals surface area contributed by atoms with Crippen molar-refractivity contribution in [2.75, 3.05) is 39.9 Å². The minimum atomic E-state index is -0.270. The molecule has 8 nitrogen and oxygen atoms in total. The summed E-state index contributed by atoms with van der Waals surface area (Å²) in [5.41, 5.74) is 2.55. The highest BCUT2D eigenvalue weighted by molar-refractivity contribution is 6.29. The third-order valence-corrected chi connectivity index (χ3v) is 5.18. The fraction of sp³-hybridized carbons (Fsp3) is 0.444. The Morgan fingerprint density at radius 1 is 1.29 bits per heavy atom. The predicted octanol–water partition coefficient (Wildman–Crippen LogP) is 1.32. The second-order valence-corrected chi connectivity index (χ2v) is 7.00. The molecule has 0 aromatic carbocycles. The van der Waals surface area contributed by atoms with Gasteiger partial charge in [0.1, 0.15) is 17.2 Å². The average Bonchev–Trinajstić information content (AvgIpc) is 2.72. The number of fused-ring (bicyclic) bond motifs is 1. The number of hydrogen-bond acceptors (Lipinski definition) is 7. The van der Waals surface area contributed by atoms with Crippen molar-refractivity contribution in [3.63, 3.8) is 0 Å². The predicted molar refractivity (Wildman–Crippen MR) is 108 cm³/mol. The maximum Gasteiger partial charge on any atom is 0.269 e. The molecule has 1 amide bonds. The first-order valence-corrected chi connectivity index (χ1v) is 9.29. The Morgan fingerprint density at radius 2 is 2.14 bits per heavy atom. The molecule has 10 heteroatoms. The summed E-state index contributed by atoms with van der Waals surface area (Å²) in [6.07, 6.45) is 1.36. The molecule has 150 valence electrons. The highest BCUT2D eigenvalue weighted by Gasteiger charge is 2.34. The van der Waals surface area contributed by atoms with Crippen LogP contribution < -0.4 is 10.6 Å². The lowest BCUT2D eigenvalue weighted by Gasteiger charge is -2.45. The third-order valence-electron chi connectivity index (χ3n) is 4.98. The van der Waals surface area contributed by atoms with Gasteiger partial charge >= 0.3 is 0 Å². The summed E-state index contributed by atoms with van der Waals surface area (Å²) in [6.45, 7) is 4.12. The SMILES string of the molecule is CNC(=O)c1cc(-c2cc([C@@H]3CNC[C@@H]4COCCN43)cc(Cl)n2)ncn1.Cl. The first-order chi connectivity index (χ1) is 13.2. The lowest BCUT2D eigenvalue weighted by molar-refractivity contribution is -0.0427. The maximum absolute atomic E-state index is 11.9. The van der Waals surface area contributed by atoms with Crippen LogP contribution in [0, 0.1) is 0 Å². The number of ether oxygens (including phenoxy) is 1. The van der Waals surface area contributed by atoms with Gasteiger partial charge in [-0.25, -0.2) is 15.0 Å². The number of rotatable bonds is 3. The van der Waals surface area contributed by atoms with Crippen LogP contribution >= 0.6 is 24.0 Å². The van der Waals surface area contributed by atoms with Gasteiger partial charge in [0, 0.05) is 38.8 Å². The van der Waals surface area contributed by atoms with E-state index in [1.165, 1.54) is 6.33 Å². The highest BCUT2D eigenvalue weighted by Crippen LogP contribution is 2.30. The van der Waals surface area contributed by atoms with E-state index in [-0.39, 0.29) is 24.4 Å². The van der Waals surface area contributed by atoms with Gasteiger partial charge < -0.3 is 15.4 Å². The number of pyridine rings is 1. The number of halogens is 2. The zero-order valence-corrected chi connectivity index (χ0v) is 17.0. The lowest BCUT2D eigenvalue weighted by Crippen LogP contribution is -2.58. The van der Waals surface area contributed by atoms with Gasteiger partial charge in [-0.05, 0) is 23.8 Å². The van der Waals surface area contributed by atoms with E-state index < -0.39 is 0 Å². The van der Waals surface area contributed by atoms with E-state index in [0.29, 0.717) is 28.3 Å². The maximum atomic E-state index is 11.9. The van der Waals surface area contributed by atoms with Gasteiger partial charge in [0.25, 0.3) is 5.91 Å².